The third-order valence-electron chi connectivity index (χ3n) is 1.67. The predicted octanol–water partition coefficient (Wildman–Crippen LogP) is 2.72. The van der Waals surface area contributed by atoms with Gasteiger partial charge in [-0.05, 0) is 17.8 Å². The van der Waals surface area contributed by atoms with Crippen LogP contribution in [0.5, 0.6) is 0 Å². The number of rotatable bonds is 4. The van der Waals surface area contributed by atoms with Crippen molar-refractivity contribution in [3.05, 3.63) is 29.0 Å². The number of hydrogen-bond acceptors (Lipinski definition) is 3. The number of thioether (sulfide) groups is 1. The third kappa shape index (κ3) is 5.27. The molecule has 0 unspecified atom stereocenters. The monoisotopic (exact) mass is 284 g/mol. The molecule has 1 heterocycles. The number of pyridine rings is 1. The van der Waals surface area contributed by atoms with Crippen LogP contribution in [0, 0.1) is 0 Å². The van der Waals surface area contributed by atoms with Crippen molar-refractivity contribution in [2.24, 2.45) is 0 Å². The van der Waals surface area contributed by atoms with Gasteiger partial charge in [0.1, 0.15) is 0 Å². The van der Waals surface area contributed by atoms with E-state index in [1.54, 1.807) is 0 Å². The topological polar surface area (TPSA) is 42.0 Å². The molecule has 0 aliphatic rings. The number of amides is 1. The van der Waals surface area contributed by atoms with Crippen LogP contribution in [0.3, 0.4) is 0 Å². The Morgan fingerprint density at radius 2 is 2.24 bits per heavy atom. The highest BCUT2D eigenvalue weighted by Gasteiger charge is 2.27. The molecule has 0 aromatic carbocycles. The molecule has 3 nitrogen and oxygen atoms in total. The molecule has 0 bridgehead atoms. The summed E-state index contributed by atoms with van der Waals surface area (Å²) < 4.78 is 35.4. The predicted molar refractivity (Wildman–Crippen MR) is 60.1 cm³/mol. The summed E-state index contributed by atoms with van der Waals surface area (Å²) in [6.07, 6.45) is 2.67. The van der Waals surface area contributed by atoms with Gasteiger partial charge in [-0.1, -0.05) is 11.6 Å². The van der Waals surface area contributed by atoms with Gasteiger partial charge >= 0.3 is 5.51 Å². The van der Waals surface area contributed by atoms with E-state index in [4.69, 9.17) is 11.6 Å². The molecule has 0 aliphatic carbocycles. The fourth-order valence-corrected chi connectivity index (χ4v) is 1.60. The lowest BCUT2D eigenvalue weighted by atomic mass is 10.2. The van der Waals surface area contributed by atoms with Crippen molar-refractivity contribution in [3.8, 4) is 0 Å². The first-order valence-corrected chi connectivity index (χ1v) is 5.85. The lowest BCUT2D eigenvalue weighted by Crippen LogP contribution is -2.26. The number of nitrogens with zero attached hydrogens (tertiary/aromatic N) is 1. The van der Waals surface area contributed by atoms with Gasteiger partial charge in [0.2, 0.25) is 0 Å². The van der Waals surface area contributed by atoms with Gasteiger partial charge in [0.25, 0.3) is 5.91 Å². The van der Waals surface area contributed by atoms with E-state index in [9.17, 15) is 18.0 Å². The smallest absolute Gasteiger partial charge is 0.351 e. The van der Waals surface area contributed by atoms with Crippen molar-refractivity contribution >= 4 is 29.3 Å². The van der Waals surface area contributed by atoms with Crippen molar-refractivity contribution in [1.82, 2.24) is 10.3 Å². The maximum Gasteiger partial charge on any atom is 0.441 e. The zero-order chi connectivity index (χ0) is 12.9. The van der Waals surface area contributed by atoms with Crippen molar-refractivity contribution in [2.75, 3.05) is 12.3 Å². The highest BCUT2D eigenvalue weighted by atomic mass is 35.5. The summed E-state index contributed by atoms with van der Waals surface area (Å²) in [6, 6.07) is 1.43. The summed E-state index contributed by atoms with van der Waals surface area (Å²) in [5.74, 6) is -0.779. The van der Waals surface area contributed by atoms with Crippen LogP contribution < -0.4 is 5.32 Å². The minimum atomic E-state index is -4.28. The van der Waals surface area contributed by atoms with Crippen LogP contribution >= 0.6 is 23.4 Å². The summed E-state index contributed by atoms with van der Waals surface area (Å²) in [7, 11) is 0. The van der Waals surface area contributed by atoms with E-state index >= 15 is 0 Å². The van der Waals surface area contributed by atoms with E-state index in [0.29, 0.717) is 0 Å². The van der Waals surface area contributed by atoms with Crippen LogP contribution in [-0.2, 0) is 0 Å². The lowest BCUT2D eigenvalue weighted by molar-refractivity contribution is -0.0327. The molecule has 0 saturated heterocycles. The molecule has 1 N–H and O–H groups in total. The maximum absolute atomic E-state index is 11.8. The fraction of sp³-hybridized carbons (Fsp3) is 0.333. The molecule has 17 heavy (non-hydrogen) atoms. The highest BCUT2D eigenvalue weighted by Crippen LogP contribution is 2.29. The molecule has 94 valence electrons. The molecule has 1 rings (SSSR count). The number of carbonyl (C=O) groups excluding carboxylic acids is 1. The Bertz CT molecular complexity index is 400. The molecule has 0 fully saturated rings. The minimum absolute atomic E-state index is 0.0891. The van der Waals surface area contributed by atoms with E-state index < -0.39 is 11.4 Å². The number of nitrogens with one attached hydrogen (secondary N) is 1. The number of alkyl halides is 3. The average Bonchev–Trinajstić information content (AvgIpc) is 2.23. The Kier molecular flexibility index (Phi) is 5.07. The van der Waals surface area contributed by atoms with Crippen molar-refractivity contribution in [2.45, 2.75) is 5.51 Å². The van der Waals surface area contributed by atoms with Gasteiger partial charge in [-0.2, -0.15) is 13.2 Å². The fourth-order valence-electron chi connectivity index (χ4n) is 0.971. The van der Waals surface area contributed by atoms with E-state index in [0.717, 1.165) is 0 Å². The van der Waals surface area contributed by atoms with Gasteiger partial charge in [0.05, 0.1) is 10.6 Å². The molecule has 8 heteroatoms. The molecule has 0 saturated carbocycles. The summed E-state index contributed by atoms with van der Waals surface area (Å²) in [4.78, 5) is 15.2. The van der Waals surface area contributed by atoms with E-state index in [2.05, 4.69) is 10.3 Å². The molecule has 1 aromatic heterocycles. The number of hydrogen-bond donors (Lipinski definition) is 1. The van der Waals surface area contributed by atoms with Gasteiger partial charge in [-0.25, -0.2) is 0 Å². The number of aromatic nitrogens is 1. The number of halogens is 4. The molecule has 1 aromatic rings. The first kappa shape index (κ1) is 14.1. The third-order valence-corrected chi connectivity index (χ3v) is 2.73. The SMILES string of the molecule is O=C(NCCSC(F)(F)F)c1cnccc1Cl. The van der Waals surface area contributed by atoms with E-state index in [1.807, 2.05) is 0 Å². The Morgan fingerprint density at radius 1 is 1.53 bits per heavy atom. The van der Waals surface area contributed by atoms with Crippen LogP contribution in [0.25, 0.3) is 0 Å². The van der Waals surface area contributed by atoms with E-state index in [-0.39, 0.29) is 34.6 Å². The molecule has 0 radical (unpaired) electrons. The normalized spacial score (nSPS) is 11.3. The Hall–Kier alpha value is -0.950. The summed E-state index contributed by atoms with van der Waals surface area (Å²) in [5, 5.41) is 2.54. The second-order valence-corrected chi connectivity index (χ2v) is 4.47. The average molecular weight is 285 g/mol. The first-order chi connectivity index (χ1) is 7.90. The van der Waals surface area contributed by atoms with Gasteiger partial charge in [0, 0.05) is 24.7 Å². The maximum atomic E-state index is 11.8. The van der Waals surface area contributed by atoms with Gasteiger partial charge in [-0.3, -0.25) is 9.78 Å². The molecule has 0 spiro atoms. The molecular weight excluding hydrogens is 277 g/mol. The lowest BCUT2D eigenvalue weighted by Gasteiger charge is -2.07. The second-order valence-electron chi connectivity index (χ2n) is 2.91. The summed E-state index contributed by atoms with van der Waals surface area (Å²) >= 11 is 5.53. The molecule has 0 atom stereocenters. The minimum Gasteiger partial charge on any atom is -0.351 e. The molecular formula is C9H8ClF3N2OS. The Morgan fingerprint density at radius 3 is 2.82 bits per heavy atom. The van der Waals surface area contributed by atoms with Crippen molar-refractivity contribution < 1.29 is 18.0 Å². The largest absolute Gasteiger partial charge is 0.441 e. The Labute approximate surface area is 105 Å². The number of carbonyl (C=O) groups is 1. The second kappa shape index (κ2) is 6.11. The standard InChI is InChI=1S/C9H8ClF3N2OS/c10-7-1-2-14-5-6(7)8(16)15-3-4-17-9(11,12)13/h1-2,5H,3-4H2,(H,15,16). The zero-order valence-corrected chi connectivity index (χ0v) is 9.99. The van der Waals surface area contributed by atoms with Gasteiger partial charge < -0.3 is 5.32 Å². The van der Waals surface area contributed by atoms with Crippen LogP contribution in [0.2, 0.25) is 5.02 Å². The van der Waals surface area contributed by atoms with E-state index in [1.165, 1.54) is 18.5 Å². The summed E-state index contributed by atoms with van der Waals surface area (Å²) in [5.41, 5.74) is -4.14. The summed E-state index contributed by atoms with van der Waals surface area (Å²) in [6.45, 7) is -0.0891. The van der Waals surface area contributed by atoms with Gasteiger partial charge in [-0.15, -0.1) is 0 Å². The van der Waals surface area contributed by atoms with Crippen LogP contribution in [0.1, 0.15) is 10.4 Å². The highest BCUT2D eigenvalue weighted by molar-refractivity contribution is 8.00. The van der Waals surface area contributed by atoms with Crippen LogP contribution in [-0.4, -0.2) is 28.7 Å². The van der Waals surface area contributed by atoms with Crippen LogP contribution in [0.15, 0.2) is 18.5 Å². The quantitative estimate of drug-likeness (QED) is 0.865. The van der Waals surface area contributed by atoms with Crippen molar-refractivity contribution in [3.63, 3.8) is 0 Å². The van der Waals surface area contributed by atoms with Crippen LogP contribution in [0.4, 0.5) is 13.2 Å². The Balaban J connectivity index is 2.39. The zero-order valence-electron chi connectivity index (χ0n) is 8.42. The van der Waals surface area contributed by atoms with Gasteiger partial charge in [0.15, 0.2) is 0 Å². The van der Waals surface area contributed by atoms with Crippen molar-refractivity contribution in [1.29, 1.82) is 0 Å². The molecule has 0 aliphatic heterocycles. The first-order valence-electron chi connectivity index (χ1n) is 4.48. The molecule has 1 amide bonds.